The molecular weight excluding hydrogens is 233 g/mol. The van der Waals surface area contributed by atoms with Crippen LogP contribution in [0.15, 0.2) is 10.8 Å². The zero-order valence-electron chi connectivity index (χ0n) is 7.32. The van der Waals surface area contributed by atoms with Gasteiger partial charge in [0, 0.05) is 10.9 Å². The van der Waals surface area contributed by atoms with Crippen molar-refractivity contribution in [2.75, 3.05) is 6.61 Å². The van der Waals surface area contributed by atoms with E-state index >= 15 is 0 Å². The van der Waals surface area contributed by atoms with E-state index in [-0.39, 0.29) is 12.0 Å². The van der Waals surface area contributed by atoms with Crippen molar-refractivity contribution < 1.29 is 27.8 Å². The van der Waals surface area contributed by atoms with Gasteiger partial charge in [-0.15, -0.1) is 11.3 Å². The monoisotopic (exact) mass is 240 g/mol. The third-order valence-electron chi connectivity index (χ3n) is 1.77. The van der Waals surface area contributed by atoms with Crippen LogP contribution in [0, 0.1) is 0 Å². The number of carbonyl (C=O) groups excluding carboxylic acids is 1. The van der Waals surface area contributed by atoms with Crippen LogP contribution in [0.1, 0.15) is 11.5 Å². The minimum Gasteiger partial charge on any atom is -0.507 e. The predicted molar refractivity (Wildman–Crippen MR) is 46.8 cm³/mol. The van der Waals surface area contributed by atoms with Gasteiger partial charge in [0.2, 0.25) is 0 Å². The number of rotatable bonds is 4. The molecule has 1 aromatic rings. The Balaban J connectivity index is 2.91. The number of hydrogen-bond acceptors (Lipinski definition) is 4. The largest absolute Gasteiger partial charge is 0.507 e. The molecule has 0 saturated heterocycles. The van der Waals surface area contributed by atoms with E-state index in [1.54, 1.807) is 0 Å². The van der Waals surface area contributed by atoms with Crippen LogP contribution in [0.3, 0.4) is 0 Å². The lowest BCUT2D eigenvalue weighted by molar-refractivity contribution is -0.165. The zero-order valence-corrected chi connectivity index (χ0v) is 8.14. The molecule has 0 bridgehead atoms. The molecule has 0 radical (unpaired) electrons. The molecule has 0 fully saturated rings. The molecule has 0 aliphatic carbocycles. The van der Waals surface area contributed by atoms with E-state index in [1.165, 1.54) is 10.8 Å². The molecule has 0 amide bonds. The van der Waals surface area contributed by atoms with Gasteiger partial charge in [-0.3, -0.25) is 4.79 Å². The minimum absolute atomic E-state index is 0.0534. The summed E-state index contributed by atoms with van der Waals surface area (Å²) in [5, 5.41) is 11.5. The number of hydrogen-bond donors (Lipinski definition) is 1. The molecule has 0 aliphatic rings. The molecule has 1 aromatic heterocycles. The van der Waals surface area contributed by atoms with E-state index in [4.69, 9.17) is 5.11 Å². The summed E-state index contributed by atoms with van der Waals surface area (Å²) in [6, 6.07) is 0. The Hall–Kier alpha value is -1.24. The summed E-state index contributed by atoms with van der Waals surface area (Å²) < 4.78 is 41.5. The third-order valence-corrected chi connectivity index (χ3v) is 2.52. The number of thiophene rings is 1. The van der Waals surface area contributed by atoms with Crippen molar-refractivity contribution >= 4 is 17.8 Å². The van der Waals surface area contributed by atoms with Crippen LogP contribution >= 0.6 is 11.3 Å². The molecule has 1 rings (SSSR count). The number of alkyl halides is 3. The summed E-state index contributed by atoms with van der Waals surface area (Å²) in [6.07, 6.45) is -4.55. The maximum absolute atomic E-state index is 12.5. The second-order valence-corrected chi connectivity index (χ2v) is 3.48. The van der Waals surface area contributed by atoms with Gasteiger partial charge >= 0.3 is 6.18 Å². The van der Waals surface area contributed by atoms with Gasteiger partial charge in [0.15, 0.2) is 0 Å². The molecule has 0 aliphatic heterocycles. The molecule has 3 nitrogen and oxygen atoms in total. The van der Waals surface area contributed by atoms with Crippen LogP contribution in [0.5, 0.6) is 5.75 Å². The first-order chi connectivity index (χ1) is 6.96. The van der Waals surface area contributed by atoms with Crippen LogP contribution in [-0.4, -0.2) is 24.4 Å². The normalized spacial score (nSPS) is 13.5. The highest BCUT2D eigenvalue weighted by Crippen LogP contribution is 2.40. The van der Waals surface area contributed by atoms with Gasteiger partial charge in [0.05, 0.1) is 0 Å². The topological polar surface area (TPSA) is 46.5 Å². The second kappa shape index (κ2) is 4.52. The molecule has 1 heterocycles. The molecule has 1 unspecified atom stereocenters. The van der Waals surface area contributed by atoms with E-state index in [0.29, 0.717) is 0 Å². The fraction of sp³-hybridized carbons (Fsp3) is 0.375. The van der Waals surface area contributed by atoms with E-state index < -0.39 is 24.5 Å². The van der Waals surface area contributed by atoms with Crippen LogP contribution in [0.4, 0.5) is 13.2 Å². The molecular formula is C8H7F3O3S. The minimum atomic E-state index is -4.55. The first kappa shape index (κ1) is 11.8. The predicted octanol–water partition coefficient (Wildman–Crippen LogP) is 2.27. The van der Waals surface area contributed by atoms with E-state index in [0.717, 1.165) is 11.3 Å². The smallest absolute Gasteiger partial charge is 0.399 e. The molecule has 15 heavy (non-hydrogen) atoms. The van der Waals surface area contributed by atoms with Crippen molar-refractivity contribution in [1.29, 1.82) is 0 Å². The fourth-order valence-electron chi connectivity index (χ4n) is 1.06. The van der Waals surface area contributed by atoms with Crippen molar-refractivity contribution in [1.82, 2.24) is 0 Å². The van der Waals surface area contributed by atoms with Gasteiger partial charge in [-0.2, -0.15) is 13.2 Å². The SMILES string of the molecule is O=COCC(c1cscc1O)C(F)(F)F. The molecule has 0 saturated carbocycles. The van der Waals surface area contributed by atoms with E-state index in [9.17, 15) is 18.0 Å². The summed E-state index contributed by atoms with van der Waals surface area (Å²) in [6.45, 7) is -0.876. The number of halogens is 3. The highest BCUT2D eigenvalue weighted by molar-refractivity contribution is 7.08. The number of ether oxygens (including phenoxy) is 1. The van der Waals surface area contributed by atoms with Crippen molar-refractivity contribution in [2.24, 2.45) is 0 Å². The first-order valence-electron chi connectivity index (χ1n) is 3.83. The van der Waals surface area contributed by atoms with E-state index in [2.05, 4.69) is 4.74 Å². The van der Waals surface area contributed by atoms with Crippen molar-refractivity contribution in [3.05, 3.63) is 16.3 Å². The Kier molecular flexibility index (Phi) is 3.57. The van der Waals surface area contributed by atoms with E-state index in [1.807, 2.05) is 0 Å². The first-order valence-corrected chi connectivity index (χ1v) is 4.78. The van der Waals surface area contributed by atoms with Gasteiger partial charge in [-0.25, -0.2) is 0 Å². The van der Waals surface area contributed by atoms with Crippen LogP contribution in [0.25, 0.3) is 0 Å². The summed E-state index contributed by atoms with van der Waals surface area (Å²) in [5.41, 5.74) is -0.269. The average Bonchev–Trinajstić information content (AvgIpc) is 2.51. The molecule has 0 aromatic carbocycles. The summed E-state index contributed by atoms with van der Waals surface area (Å²) in [4.78, 5) is 9.84. The second-order valence-electron chi connectivity index (χ2n) is 2.74. The summed E-state index contributed by atoms with van der Waals surface area (Å²) in [5.74, 6) is -2.41. The molecule has 0 spiro atoms. The standard InChI is InChI=1S/C8H7F3O3S/c9-8(10,11)6(1-14-4-12)5-2-15-3-7(5)13/h2-4,6,13H,1H2. The molecule has 84 valence electrons. The maximum atomic E-state index is 12.5. The molecule has 1 atom stereocenters. The Labute approximate surface area is 87.1 Å². The van der Waals surface area contributed by atoms with Crippen molar-refractivity contribution in [2.45, 2.75) is 12.1 Å². The lowest BCUT2D eigenvalue weighted by atomic mass is 10.0. The van der Waals surface area contributed by atoms with Gasteiger partial charge in [0.1, 0.15) is 18.3 Å². The van der Waals surface area contributed by atoms with Crippen molar-refractivity contribution in [3.63, 3.8) is 0 Å². The molecule has 7 heteroatoms. The summed E-state index contributed by atoms with van der Waals surface area (Å²) >= 11 is 0.950. The number of carbonyl (C=O) groups is 1. The molecule has 1 N–H and O–H groups in total. The maximum Gasteiger partial charge on any atom is 0.399 e. The Bertz CT molecular complexity index is 334. The van der Waals surface area contributed by atoms with Gasteiger partial charge in [-0.1, -0.05) is 0 Å². The van der Waals surface area contributed by atoms with Crippen LogP contribution in [-0.2, 0) is 9.53 Å². The quantitative estimate of drug-likeness (QED) is 0.821. The van der Waals surface area contributed by atoms with Gasteiger partial charge in [0.25, 0.3) is 6.47 Å². The third kappa shape index (κ3) is 2.85. The fourth-order valence-corrected chi connectivity index (χ4v) is 1.82. The van der Waals surface area contributed by atoms with Gasteiger partial charge < -0.3 is 9.84 Å². The summed E-state index contributed by atoms with van der Waals surface area (Å²) in [7, 11) is 0. The Morgan fingerprint density at radius 2 is 2.20 bits per heavy atom. The van der Waals surface area contributed by atoms with Crippen LogP contribution in [0.2, 0.25) is 0 Å². The lowest BCUT2D eigenvalue weighted by Gasteiger charge is -2.18. The Morgan fingerprint density at radius 3 is 2.60 bits per heavy atom. The van der Waals surface area contributed by atoms with Gasteiger partial charge in [-0.05, 0) is 5.38 Å². The zero-order chi connectivity index (χ0) is 11.5. The lowest BCUT2D eigenvalue weighted by Crippen LogP contribution is -2.24. The average molecular weight is 240 g/mol. The van der Waals surface area contributed by atoms with Crippen LogP contribution < -0.4 is 0 Å². The van der Waals surface area contributed by atoms with Crippen molar-refractivity contribution in [3.8, 4) is 5.75 Å². The number of aromatic hydroxyl groups is 1. The Morgan fingerprint density at radius 1 is 1.53 bits per heavy atom. The highest BCUT2D eigenvalue weighted by Gasteiger charge is 2.42. The highest BCUT2D eigenvalue weighted by atomic mass is 32.1.